The molecule has 1 heterocycles. The van der Waals surface area contributed by atoms with Crippen LogP contribution >= 0.6 is 0 Å². The summed E-state index contributed by atoms with van der Waals surface area (Å²) in [5, 5.41) is 4.91. The maximum atomic E-state index is 11.6. The Labute approximate surface area is 124 Å². The minimum Gasteiger partial charge on any atom is -0.496 e. The van der Waals surface area contributed by atoms with Gasteiger partial charge in [0.05, 0.1) is 12.9 Å². The average molecular weight is 309 g/mol. The highest BCUT2D eigenvalue weighted by atomic mass is 32.2. The molecule has 0 aliphatic heterocycles. The molecular weight excluding hydrogens is 290 g/mol. The van der Waals surface area contributed by atoms with E-state index in [2.05, 4.69) is 15.0 Å². The SMILES string of the molecule is CCNS(=O)(=O)CCNc1nccc2c(OC)cccc12. The zero-order valence-corrected chi connectivity index (χ0v) is 12.9. The number of sulfonamides is 1. The van der Waals surface area contributed by atoms with Crippen LogP contribution in [0.5, 0.6) is 5.75 Å². The van der Waals surface area contributed by atoms with Crippen LogP contribution in [0, 0.1) is 0 Å². The first-order valence-corrected chi connectivity index (χ1v) is 8.35. The standard InChI is InChI=1S/C14H19N3O3S/c1-3-17-21(18,19)10-9-16-14-12-5-4-6-13(20-2)11(12)7-8-15-14/h4-8,17H,3,9-10H2,1-2H3,(H,15,16). The minimum atomic E-state index is -3.23. The van der Waals surface area contributed by atoms with Crippen LogP contribution in [-0.4, -0.2) is 39.4 Å². The predicted molar refractivity (Wildman–Crippen MR) is 84.2 cm³/mol. The molecule has 2 rings (SSSR count). The molecule has 0 radical (unpaired) electrons. The number of hydrogen-bond donors (Lipinski definition) is 2. The molecule has 0 aliphatic rings. The summed E-state index contributed by atoms with van der Waals surface area (Å²) in [6, 6.07) is 7.55. The van der Waals surface area contributed by atoms with E-state index >= 15 is 0 Å². The van der Waals surface area contributed by atoms with Crippen molar-refractivity contribution >= 4 is 26.6 Å². The number of pyridine rings is 1. The number of hydrogen-bond acceptors (Lipinski definition) is 5. The lowest BCUT2D eigenvalue weighted by Gasteiger charge is -2.11. The number of fused-ring (bicyclic) bond motifs is 1. The first kappa shape index (κ1) is 15.5. The fourth-order valence-corrected chi connectivity index (χ4v) is 3.05. The van der Waals surface area contributed by atoms with E-state index in [-0.39, 0.29) is 5.75 Å². The quantitative estimate of drug-likeness (QED) is 0.812. The third kappa shape index (κ3) is 3.83. The van der Waals surface area contributed by atoms with E-state index < -0.39 is 10.0 Å². The molecule has 0 aliphatic carbocycles. The Morgan fingerprint density at radius 1 is 1.24 bits per heavy atom. The topological polar surface area (TPSA) is 80.3 Å². The highest BCUT2D eigenvalue weighted by Crippen LogP contribution is 2.28. The number of aromatic nitrogens is 1. The molecule has 0 atom stereocenters. The molecule has 114 valence electrons. The summed E-state index contributed by atoms with van der Waals surface area (Å²) in [7, 11) is -1.62. The Bertz CT molecular complexity index is 716. The zero-order valence-electron chi connectivity index (χ0n) is 12.1. The van der Waals surface area contributed by atoms with Crippen molar-refractivity contribution in [2.24, 2.45) is 0 Å². The number of methoxy groups -OCH3 is 1. The highest BCUT2D eigenvalue weighted by Gasteiger charge is 2.10. The summed E-state index contributed by atoms with van der Waals surface area (Å²) in [5.41, 5.74) is 0. The van der Waals surface area contributed by atoms with Crippen molar-refractivity contribution in [2.45, 2.75) is 6.92 Å². The third-order valence-electron chi connectivity index (χ3n) is 3.01. The van der Waals surface area contributed by atoms with Crippen molar-refractivity contribution in [1.82, 2.24) is 9.71 Å². The Morgan fingerprint density at radius 3 is 2.76 bits per heavy atom. The Balaban J connectivity index is 2.16. The molecule has 0 spiro atoms. The van der Waals surface area contributed by atoms with Crippen molar-refractivity contribution in [3.63, 3.8) is 0 Å². The summed E-state index contributed by atoms with van der Waals surface area (Å²) in [4.78, 5) is 4.27. The van der Waals surface area contributed by atoms with E-state index in [1.807, 2.05) is 24.3 Å². The molecule has 0 saturated heterocycles. The van der Waals surface area contributed by atoms with Gasteiger partial charge in [-0.2, -0.15) is 0 Å². The molecule has 0 saturated carbocycles. The lowest BCUT2D eigenvalue weighted by molar-refractivity contribution is 0.420. The maximum Gasteiger partial charge on any atom is 0.213 e. The van der Waals surface area contributed by atoms with Gasteiger partial charge >= 0.3 is 0 Å². The number of nitrogens with one attached hydrogen (secondary N) is 2. The van der Waals surface area contributed by atoms with Crippen LogP contribution in [-0.2, 0) is 10.0 Å². The van der Waals surface area contributed by atoms with Gasteiger partial charge in [-0.15, -0.1) is 0 Å². The number of nitrogens with zero attached hydrogens (tertiary/aromatic N) is 1. The second kappa shape index (κ2) is 6.73. The van der Waals surface area contributed by atoms with Crippen LogP contribution < -0.4 is 14.8 Å². The van der Waals surface area contributed by atoms with E-state index in [4.69, 9.17) is 4.74 Å². The van der Waals surface area contributed by atoms with Crippen molar-refractivity contribution in [3.05, 3.63) is 30.5 Å². The predicted octanol–water partition coefficient (Wildman–Crippen LogP) is 1.59. The molecule has 2 aromatic rings. The van der Waals surface area contributed by atoms with Crippen molar-refractivity contribution in [2.75, 3.05) is 31.3 Å². The van der Waals surface area contributed by atoms with Gasteiger partial charge in [0, 0.05) is 30.1 Å². The van der Waals surface area contributed by atoms with Gasteiger partial charge in [-0.25, -0.2) is 18.1 Å². The van der Waals surface area contributed by atoms with Gasteiger partial charge < -0.3 is 10.1 Å². The molecule has 1 aromatic carbocycles. The molecule has 6 nitrogen and oxygen atoms in total. The minimum absolute atomic E-state index is 0.00285. The first-order chi connectivity index (χ1) is 10.1. The summed E-state index contributed by atoms with van der Waals surface area (Å²) in [6.07, 6.45) is 1.67. The summed E-state index contributed by atoms with van der Waals surface area (Å²) in [6.45, 7) is 2.44. The van der Waals surface area contributed by atoms with Gasteiger partial charge in [-0.3, -0.25) is 0 Å². The molecule has 21 heavy (non-hydrogen) atoms. The third-order valence-corrected chi connectivity index (χ3v) is 4.48. The van der Waals surface area contributed by atoms with E-state index in [9.17, 15) is 8.42 Å². The second-order valence-electron chi connectivity index (χ2n) is 4.46. The lowest BCUT2D eigenvalue weighted by atomic mass is 10.1. The van der Waals surface area contributed by atoms with Crippen LogP contribution in [0.25, 0.3) is 10.8 Å². The first-order valence-electron chi connectivity index (χ1n) is 6.70. The number of benzene rings is 1. The van der Waals surface area contributed by atoms with Gasteiger partial charge in [0.15, 0.2) is 0 Å². The van der Waals surface area contributed by atoms with Gasteiger partial charge in [0.25, 0.3) is 0 Å². The lowest BCUT2D eigenvalue weighted by Crippen LogP contribution is -2.29. The van der Waals surface area contributed by atoms with E-state index in [1.54, 1.807) is 20.2 Å². The molecule has 0 fully saturated rings. The monoisotopic (exact) mass is 309 g/mol. The molecule has 7 heteroatoms. The highest BCUT2D eigenvalue weighted by molar-refractivity contribution is 7.89. The average Bonchev–Trinajstić information content (AvgIpc) is 2.46. The Hall–Kier alpha value is -1.86. The fraction of sp³-hybridized carbons (Fsp3) is 0.357. The molecule has 1 aromatic heterocycles. The maximum absolute atomic E-state index is 11.6. The summed E-state index contributed by atoms with van der Waals surface area (Å²) >= 11 is 0. The molecule has 0 bridgehead atoms. The summed E-state index contributed by atoms with van der Waals surface area (Å²) in [5.74, 6) is 1.42. The van der Waals surface area contributed by atoms with E-state index in [0.717, 1.165) is 16.5 Å². The van der Waals surface area contributed by atoms with E-state index in [1.165, 1.54) is 0 Å². The molecule has 0 amide bonds. The van der Waals surface area contributed by atoms with Gasteiger partial charge in [0.1, 0.15) is 11.6 Å². The zero-order chi connectivity index (χ0) is 15.3. The number of ether oxygens (including phenoxy) is 1. The Kier molecular flexibility index (Phi) is 4.98. The smallest absolute Gasteiger partial charge is 0.213 e. The Morgan fingerprint density at radius 2 is 2.05 bits per heavy atom. The second-order valence-corrected chi connectivity index (χ2v) is 6.38. The number of rotatable bonds is 7. The van der Waals surface area contributed by atoms with Gasteiger partial charge in [0.2, 0.25) is 10.0 Å². The van der Waals surface area contributed by atoms with E-state index in [0.29, 0.717) is 18.9 Å². The normalized spacial score (nSPS) is 11.5. The van der Waals surface area contributed by atoms with Crippen molar-refractivity contribution in [1.29, 1.82) is 0 Å². The van der Waals surface area contributed by atoms with Crippen molar-refractivity contribution in [3.8, 4) is 5.75 Å². The number of anilines is 1. The van der Waals surface area contributed by atoms with Crippen molar-refractivity contribution < 1.29 is 13.2 Å². The molecular formula is C14H19N3O3S. The molecule has 0 unspecified atom stereocenters. The fourth-order valence-electron chi connectivity index (χ4n) is 2.09. The van der Waals surface area contributed by atoms with Crippen LogP contribution in [0.1, 0.15) is 6.92 Å². The van der Waals surface area contributed by atoms with Crippen LogP contribution in [0.4, 0.5) is 5.82 Å². The van der Waals surface area contributed by atoms with Crippen LogP contribution in [0.2, 0.25) is 0 Å². The van der Waals surface area contributed by atoms with Crippen LogP contribution in [0.15, 0.2) is 30.5 Å². The summed E-state index contributed by atoms with van der Waals surface area (Å²) < 4.78 is 31.0. The van der Waals surface area contributed by atoms with Crippen LogP contribution in [0.3, 0.4) is 0 Å². The van der Waals surface area contributed by atoms with Gasteiger partial charge in [-0.1, -0.05) is 19.1 Å². The largest absolute Gasteiger partial charge is 0.496 e. The molecule has 2 N–H and O–H groups in total. The van der Waals surface area contributed by atoms with Gasteiger partial charge in [-0.05, 0) is 12.1 Å².